The summed E-state index contributed by atoms with van der Waals surface area (Å²) in [4.78, 5) is 11.9. The predicted molar refractivity (Wildman–Crippen MR) is 75.6 cm³/mol. The molecule has 0 bridgehead atoms. The normalized spacial score (nSPS) is 18.8. The van der Waals surface area contributed by atoms with Crippen LogP contribution in [0.3, 0.4) is 0 Å². The van der Waals surface area contributed by atoms with Crippen molar-refractivity contribution in [2.24, 2.45) is 0 Å². The summed E-state index contributed by atoms with van der Waals surface area (Å²) in [5.41, 5.74) is 3.48. The van der Waals surface area contributed by atoms with Crippen molar-refractivity contribution in [3.05, 3.63) is 53.0 Å². The minimum absolute atomic E-state index is 0.0267. The first-order chi connectivity index (χ1) is 9.61. The summed E-state index contributed by atoms with van der Waals surface area (Å²) in [6.07, 6.45) is 1.52. The highest BCUT2D eigenvalue weighted by molar-refractivity contribution is 6.03. The van der Waals surface area contributed by atoms with Gasteiger partial charge in [-0.1, -0.05) is 19.1 Å². The van der Waals surface area contributed by atoms with Crippen molar-refractivity contribution in [3.63, 3.8) is 0 Å². The van der Waals surface area contributed by atoms with Gasteiger partial charge in [-0.25, -0.2) is 0 Å². The van der Waals surface area contributed by atoms with Crippen LogP contribution in [0.5, 0.6) is 0 Å². The molecule has 0 saturated carbocycles. The van der Waals surface area contributed by atoms with E-state index in [0.29, 0.717) is 11.3 Å². The Kier molecular flexibility index (Phi) is 3.10. The van der Waals surface area contributed by atoms with Crippen molar-refractivity contribution in [3.8, 4) is 0 Å². The van der Waals surface area contributed by atoms with Gasteiger partial charge in [0.15, 0.2) is 0 Å². The zero-order valence-corrected chi connectivity index (χ0v) is 11.5. The third-order valence-electron chi connectivity index (χ3n) is 3.88. The molecule has 2 aromatic rings. The van der Waals surface area contributed by atoms with Gasteiger partial charge >= 0.3 is 0 Å². The summed E-state index contributed by atoms with van der Waals surface area (Å²) >= 11 is 0. The van der Waals surface area contributed by atoms with Crippen molar-refractivity contribution in [1.82, 2.24) is 0 Å². The van der Waals surface area contributed by atoms with E-state index in [1.54, 1.807) is 12.1 Å². The maximum atomic E-state index is 11.9. The van der Waals surface area contributed by atoms with Gasteiger partial charge in [0, 0.05) is 5.56 Å². The number of fused-ring (bicyclic) bond motifs is 1. The molecule has 104 valence electrons. The fourth-order valence-electron chi connectivity index (χ4n) is 2.63. The van der Waals surface area contributed by atoms with Crippen LogP contribution in [0.2, 0.25) is 0 Å². The first-order valence-corrected chi connectivity index (χ1v) is 6.80. The van der Waals surface area contributed by atoms with Crippen LogP contribution in [0.15, 0.2) is 34.9 Å². The number of aliphatic hydroxyl groups excluding tert-OH is 1. The van der Waals surface area contributed by atoms with Crippen molar-refractivity contribution in [2.45, 2.75) is 32.3 Å². The molecule has 2 unspecified atom stereocenters. The van der Waals surface area contributed by atoms with E-state index in [0.717, 1.165) is 23.2 Å². The number of anilines is 1. The van der Waals surface area contributed by atoms with Gasteiger partial charge in [-0.15, -0.1) is 0 Å². The van der Waals surface area contributed by atoms with Crippen LogP contribution in [-0.2, 0) is 11.2 Å². The summed E-state index contributed by atoms with van der Waals surface area (Å²) in [7, 11) is 0. The third kappa shape index (κ3) is 1.93. The number of carbonyl (C=O) groups excluding carboxylic acids is 1. The van der Waals surface area contributed by atoms with Gasteiger partial charge in [0.2, 0.25) is 5.91 Å². The van der Waals surface area contributed by atoms with Gasteiger partial charge in [0.1, 0.15) is 11.9 Å². The molecule has 0 fully saturated rings. The highest BCUT2D eigenvalue weighted by Crippen LogP contribution is 2.40. The highest BCUT2D eigenvalue weighted by atomic mass is 16.4. The Hall–Kier alpha value is -2.07. The summed E-state index contributed by atoms with van der Waals surface area (Å²) in [5, 5.41) is 13.4. The zero-order valence-electron chi connectivity index (χ0n) is 11.5. The number of carbonyl (C=O) groups is 1. The number of hydrogen-bond acceptors (Lipinski definition) is 3. The molecular formula is C16H17NO3. The molecular weight excluding hydrogens is 254 g/mol. The lowest BCUT2D eigenvalue weighted by atomic mass is 9.93. The highest BCUT2D eigenvalue weighted by Gasteiger charge is 2.31. The minimum Gasteiger partial charge on any atom is -0.466 e. The Bertz CT molecular complexity index is 646. The van der Waals surface area contributed by atoms with Gasteiger partial charge in [-0.2, -0.15) is 0 Å². The van der Waals surface area contributed by atoms with Gasteiger partial charge < -0.3 is 14.8 Å². The predicted octanol–water partition coefficient (Wildman–Crippen LogP) is 2.98. The average Bonchev–Trinajstić information content (AvgIpc) is 3.07. The summed E-state index contributed by atoms with van der Waals surface area (Å²) in [6, 6.07) is 7.44. The Balaban J connectivity index is 2.14. The van der Waals surface area contributed by atoms with Crippen LogP contribution in [0.4, 0.5) is 5.69 Å². The van der Waals surface area contributed by atoms with Crippen molar-refractivity contribution < 1.29 is 14.3 Å². The molecule has 0 spiro atoms. The maximum absolute atomic E-state index is 11.9. The van der Waals surface area contributed by atoms with E-state index < -0.39 is 6.10 Å². The number of nitrogens with one attached hydrogen (secondary N) is 1. The van der Waals surface area contributed by atoms with Crippen LogP contribution in [0.1, 0.15) is 48.3 Å². The summed E-state index contributed by atoms with van der Waals surface area (Å²) < 4.78 is 5.27. The lowest BCUT2D eigenvalue weighted by molar-refractivity contribution is -0.116. The van der Waals surface area contributed by atoms with E-state index in [2.05, 4.69) is 12.2 Å². The molecule has 1 aromatic carbocycles. The van der Waals surface area contributed by atoms with E-state index in [4.69, 9.17) is 4.42 Å². The Morgan fingerprint density at radius 1 is 1.45 bits per heavy atom. The SMILES string of the molecule is CCc1cc2c(c(C(O)c3ccco3)c1)NC(=O)C2C. The Labute approximate surface area is 117 Å². The molecule has 2 atom stereocenters. The molecule has 2 N–H and O–H groups in total. The first-order valence-electron chi connectivity index (χ1n) is 6.80. The summed E-state index contributed by atoms with van der Waals surface area (Å²) in [6.45, 7) is 3.93. The molecule has 1 amide bonds. The number of benzene rings is 1. The number of aliphatic hydroxyl groups is 1. The maximum Gasteiger partial charge on any atom is 0.231 e. The number of furan rings is 1. The molecule has 0 saturated heterocycles. The monoisotopic (exact) mass is 271 g/mol. The molecule has 2 heterocycles. The van der Waals surface area contributed by atoms with Crippen molar-refractivity contribution in [2.75, 3.05) is 5.32 Å². The molecule has 3 rings (SSSR count). The molecule has 20 heavy (non-hydrogen) atoms. The molecule has 1 aliphatic rings. The number of aryl methyl sites for hydroxylation is 1. The largest absolute Gasteiger partial charge is 0.466 e. The van der Waals surface area contributed by atoms with Crippen LogP contribution in [0, 0.1) is 0 Å². The van der Waals surface area contributed by atoms with E-state index in [1.165, 1.54) is 6.26 Å². The van der Waals surface area contributed by atoms with Crippen LogP contribution < -0.4 is 5.32 Å². The lowest BCUT2D eigenvalue weighted by Gasteiger charge is -2.15. The fourth-order valence-corrected chi connectivity index (χ4v) is 2.63. The number of rotatable bonds is 3. The third-order valence-corrected chi connectivity index (χ3v) is 3.88. The van der Waals surface area contributed by atoms with E-state index >= 15 is 0 Å². The van der Waals surface area contributed by atoms with Crippen LogP contribution in [0.25, 0.3) is 0 Å². The smallest absolute Gasteiger partial charge is 0.231 e. The van der Waals surface area contributed by atoms with Crippen LogP contribution in [-0.4, -0.2) is 11.0 Å². The quantitative estimate of drug-likeness (QED) is 0.902. The fraction of sp³-hybridized carbons (Fsp3) is 0.312. The first kappa shape index (κ1) is 12.9. The molecule has 4 nitrogen and oxygen atoms in total. The van der Waals surface area contributed by atoms with Crippen molar-refractivity contribution >= 4 is 11.6 Å². The number of hydrogen-bond donors (Lipinski definition) is 2. The topological polar surface area (TPSA) is 62.5 Å². The van der Waals surface area contributed by atoms with Crippen LogP contribution >= 0.6 is 0 Å². The second-order valence-electron chi connectivity index (χ2n) is 5.13. The molecule has 0 aliphatic carbocycles. The Morgan fingerprint density at radius 3 is 2.90 bits per heavy atom. The van der Waals surface area contributed by atoms with Gasteiger partial charge in [0.05, 0.1) is 17.9 Å². The zero-order chi connectivity index (χ0) is 14.3. The van der Waals surface area contributed by atoms with Gasteiger partial charge in [0.25, 0.3) is 0 Å². The van der Waals surface area contributed by atoms with E-state index in [9.17, 15) is 9.90 Å². The lowest BCUT2D eigenvalue weighted by Crippen LogP contribution is -2.09. The molecule has 0 radical (unpaired) electrons. The standard InChI is InChI=1S/C16H17NO3/c1-3-10-7-11-9(2)16(19)17-14(11)12(8-10)15(18)13-5-4-6-20-13/h4-9,15,18H,3H2,1-2H3,(H,17,19). The summed E-state index contributed by atoms with van der Waals surface area (Å²) in [5.74, 6) is 0.273. The van der Waals surface area contributed by atoms with Crippen molar-refractivity contribution in [1.29, 1.82) is 0 Å². The molecule has 1 aliphatic heterocycles. The minimum atomic E-state index is -0.865. The average molecular weight is 271 g/mol. The Morgan fingerprint density at radius 2 is 2.25 bits per heavy atom. The van der Waals surface area contributed by atoms with Gasteiger partial charge in [-0.3, -0.25) is 4.79 Å². The second-order valence-corrected chi connectivity index (χ2v) is 5.13. The molecule has 1 aromatic heterocycles. The number of amides is 1. The van der Waals surface area contributed by atoms with E-state index in [1.807, 2.05) is 19.1 Å². The van der Waals surface area contributed by atoms with E-state index in [-0.39, 0.29) is 11.8 Å². The molecule has 4 heteroatoms. The second kappa shape index (κ2) is 4.80. The van der Waals surface area contributed by atoms with Gasteiger partial charge in [-0.05, 0) is 36.6 Å².